The van der Waals surface area contributed by atoms with Gasteiger partial charge in [0.25, 0.3) is 0 Å². The topological polar surface area (TPSA) is 381 Å². The normalized spacial score (nSPS) is 10.6. The zero-order valence-corrected chi connectivity index (χ0v) is 73.5. The number of ether oxygens (including phenoxy) is 17. The minimum absolute atomic E-state index is 0. The van der Waals surface area contributed by atoms with E-state index in [9.17, 15) is 28.8 Å². The summed E-state index contributed by atoms with van der Waals surface area (Å²) in [5, 5.41) is 51.1. The Morgan fingerprint density at radius 1 is 0.385 bits per heavy atom. The third-order valence-electron chi connectivity index (χ3n) is 14.6. The number of aliphatic hydroxyl groups is 4. The van der Waals surface area contributed by atoms with Crippen molar-refractivity contribution in [1.82, 2.24) is 0 Å². The molecular weight excluding hydrogens is 1530 g/mol. The van der Waals surface area contributed by atoms with Crippen LogP contribution < -0.4 is 18.9 Å². The fraction of sp³-hybridized carbons (Fsp3) is 0.698. The summed E-state index contributed by atoms with van der Waals surface area (Å²) < 4.78 is 83.7. The fourth-order valence-electron chi connectivity index (χ4n) is 9.19. The molecule has 0 bridgehead atoms. The molecule has 2 unspecified atom stereocenters. The van der Waals surface area contributed by atoms with Crippen LogP contribution in [0.2, 0.25) is 0 Å². The number of aldehydes is 1. The van der Waals surface area contributed by atoms with Crippen LogP contribution in [0.15, 0.2) is 118 Å². The average Bonchev–Trinajstić information content (AvgIpc) is 0.908. The predicted octanol–water partition coefficient (Wildman–Crippen LogP) is 7.20. The molecule has 0 heterocycles. The van der Waals surface area contributed by atoms with Crippen molar-refractivity contribution >= 4 is 53.5 Å². The Labute approximate surface area is 729 Å². The molecule has 686 valence electrons. The number of carboxylic acids is 2. The Morgan fingerprint density at radius 2 is 0.667 bits per heavy atom. The van der Waals surface area contributed by atoms with Gasteiger partial charge >= 0.3 is 48.7 Å². The first-order valence-corrected chi connectivity index (χ1v) is 37.9. The van der Waals surface area contributed by atoms with Crippen molar-refractivity contribution in [3.8, 4) is 0 Å². The molecule has 0 aliphatic rings. The second-order valence-electron chi connectivity index (χ2n) is 25.1. The van der Waals surface area contributed by atoms with Crippen LogP contribution in [-0.2, 0) is 116 Å². The van der Waals surface area contributed by atoms with E-state index in [1.54, 1.807) is 138 Å². The van der Waals surface area contributed by atoms with E-state index in [1.165, 1.54) is 12.2 Å². The van der Waals surface area contributed by atoms with Gasteiger partial charge in [-0.05, 0) is 77.2 Å². The zero-order chi connectivity index (χ0) is 88.5. The van der Waals surface area contributed by atoms with E-state index in [2.05, 4.69) is 39.5 Å². The molecule has 0 saturated carbocycles. The van der Waals surface area contributed by atoms with Gasteiger partial charge in [0.15, 0.2) is 23.3 Å². The van der Waals surface area contributed by atoms with Gasteiger partial charge in [-0.3, -0.25) is 19.2 Å². The number of carboxylic acid groups (broad SMARTS) is 2. The molecule has 0 saturated heterocycles. The number of carbonyl (C=O) groups is 6. The molecule has 0 aromatic heterocycles. The van der Waals surface area contributed by atoms with Crippen LogP contribution in [0.4, 0.5) is 0 Å². The predicted molar refractivity (Wildman–Crippen MR) is 464 cm³/mol. The molecule has 117 heavy (non-hydrogen) atoms. The van der Waals surface area contributed by atoms with Crippen molar-refractivity contribution < 1.29 is 160 Å². The van der Waals surface area contributed by atoms with Crippen LogP contribution in [-0.4, -0.2) is 316 Å². The second kappa shape index (κ2) is 117. The van der Waals surface area contributed by atoms with Gasteiger partial charge in [-0.25, -0.2) is 4.79 Å². The van der Waals surface area contributed by atoms with Crippen LogP contribution in [0.1, 0.15) is 105 Å². The maximum absolute atomic E-state index is 11.5. The minimum Gasteiger partial charge on any atom is -1.00 e. The van der Waals surface area contributed by atoms with Crippen molar-refractivity contribution in [3.63, 3.8) is 0 Å². The molecule has 0 spiro atoms. The number of carbonyl (C=O) groups excluding carboxylic acids is 4. The fourth-order valence-corrected chi connectivity index (χ4v) is 9.19. The number of aliphatic carboxylic acids is 2. The molecular formula is C86H164AlLiO29. The summed E-state index contributed by atoms with van der Waals surface area (Å²) in [6.45, 7) is 34.8. The summed E-state index contributed by atoms with van der Waals surface area (Å²) in [6.07, 6.45) is 22.3. The Bertz CT molecular complexity index is 2170. The molecule has 1 rings (SSSR count). The Hall–Kier alpha value is -5.17. The molecule has 0 radical (unpaired) electrons. The summed E-state index contributed by atoms with van der Waals surface area (Å²) in [6, 6.07) is 9.60. The van der Waals surface area contributed by atoms with E-state index in [0.29, 0.717) is 110 Å². The Kier molecular flexibility index (Phi) is 138. The van der Waals surface area contributed by atoms with E-state index in [4.69, 9.17) is 111 Å². The van der Waals surface area contributed by atoms with Crippen molar-refractivity contribution in [1.29, 1.82) is 0 Å². The molecule has 6 N–H and O–H groups in total. The first kappa shape index (κ1) is 138. The standard InChI is InChI=1S/C16H22O4.C10H16O4.C9H18O4.2C8H16O2.C7H14O4.C7H14O3.2C7H14O2.C6H12O2.CH4.Al.Li.4H/c1-18-11-15(12-19-2)9-6-10-16(17)20-13-14-7-4-3-5-8-14;1-4-7-8(9(11)13-5-2)10(12)14-6-3;1-12-6-8(7-13-2)4-3-5-9(10)11;2*1-4-5-8(6-9-2)7-10-3;1-10-4-6(5-11-2)3-7(8)9;1-9-5-7(3-4-8)6-10-2;2*1-3-4-7(5-8)6-9-2;1-2-3-6(4-7)5-8;;;;;;;/h3-8,10,15H,9,11-13H2,1-2H3;4,8H,1,5-7H2,2-3H3;8H,3-7H2,1-2H3,(H,10,11);2*4,8H,1,5-7H2,2-3H3;6H,3-5H2,1-2H3,(H,8,9);4,7H,3,5-6H2,1-2H3;2*3,7-8H,1,4-6H2,2H3;2,6-8H,1,3-5H2;1H4;;;;;;/q;;;;;;;;;;;;+1;;;;-1/b10-6+;;;;;;;;;;;;;;;;. The quantitative estimate of drug-likeness (QED) is 0.00713. The molecule has 0 aliphatic heterocycles. The molecule has 1 aromatic carbocycles. The minimum atomic E-state index is -0.868. The van der Waals surface area contributed by atoms with E-state index in [0.717, 1.165) is 76.8 Å². The van der Waals surface area contributed by atoms with Gasteiger partial charge in [-0.1, -0.05) is 80.3 Å². The van der Waals surface area contributed by atoms with Gasteiger partial charge in [-0.15, -0.1) is 39.5 Å². The number of esters is 3. The summed E-state index contributed by atoms with van der Waals surface area (Å²) in [7, 11) is 23.0. The van der Waals surface area contributed by atoms with E-state index in [1.807, 2.05) is 42.5 Å². The van der Waals surface area contributed by atoms with Crippen LogP contribution >= 0.6 is 0 Å². The van der Waals surface area contributed by atoms with Crippen molar-refractivity contribution in [2.24, 2.45) is 59.2 Å². The van der Waals surface area contributed by atoms with Gasteiger partial charge in [-0.2, -0.15) is 0 Å². The maximum Gasteiger partial charge on any atom is 1.00 e. The monoisotopic (exact) mass is 1700 g/mol. The largest absolute Gasteiger partial charge is 1.00 e. The van der Waals surface area contributed by atoms with Gasteiger partial charge in [0.05, 0.1) is 112 Å². The number of rotatable bonds is 61. The van der Waals surface area contributed by atoms with Crippen molar-refractivity contribution in [3.05, 3.63) is 124 Å². The first-order chi connectivity index (χ1) is 54.9. The SMILES string of the molecule is C.C=CCC(C(=O)OCC)C(=O)OCC.C=CCC(CO)CO.C=CCC(CO)COC.C=CCC(CO)COC.C=CCC(COC)COC.C=CCC(COC)COC.COCC(C/C=C/C(=O)OCc1ccccc1)COC.COCC(CC=O)COC.COCC(CCCC(=O)O)COC.COCC(COC)CC(=O)O.[AlH3].[H-].[Li+]. The number of benzene rings is 1. The van der Waals surface area contributed by atoms with E-state index >= 15 is 0 Å². The third-order valence-corrected chi connectivity index (χ3v) is 14.6. The third kappa shape index (κ3) is 111. The average molecular weight is 1700 g/mol. The van der Waals surface area contributed by atoms with Crippen LogP contribution in [0.25, 0.3) is 0 Å². The first-order valence-electron chi connectivity index (χ1n) is 37.9. The van der Waals surface area contributed by atoms with Gasteiger partial charge < -0.3 is 117 Å². The smallest absolute Gasteiger partial charge is 1.00 e. The maximum atomic E-state index is 11.5. The molecule has 31 heteroatoms. The summed E-state index contributed by atoms with van der Waals surface area (Å²) in [5.74, 6) is -1.73. The number of allylic oxidation sites excluding steroid dienone is 7. The summed E-state index contributed by atoms with van der Waals surface area (Å²) >= 11 is 0. The number of hydrogen-bond acceptors (Lipinski definition) is 27. The second-order valence-corrected chi connectivity index (χ2v) is 25.1. The van der Waals surface area contributed by atoms with Crippen molar-refractivity contribution in [2.45, 2.75) is 105 Å². The molecule has 0 fully saturated rings. The van der Waals surface area contributed by atoms with Crippen LogP contribution in [0, 0.1) is 59.2 Å². The molecule has 29 nitrogen and oxygen atoms in total. The van der Waals surface area contributed by atoms with Crippen LogP contribution in [0.3, 0.4) is 0 Å². The molecule has 2 atom stereocenters. The number of methoxy groups -OCH3 is 14. The summed E-state index contributed by atoms with van der Waals surface area (Å²) in [4.78, 5) is 64.6. The van der Waals surface area contributed by atoms with Crippen molar-refractivity contribution in [2.75, 3.05) is 232 Å². The van der Waals surface area contributed by atoms with Gasteiger partial charge in [0, 0.05) is 198 Å². The van der Waals surface area contributed by atoms with Gasteiger partial charge in [0.1, 0.15) is 12.9 Å². The van der Waals surface area contributed by atoms with Gasteiger partial charge in [0.2, 0.25) is 0 Å². The zero-order valence-electron chi connectivity index (χ0n) is 74.5. The number of aliphatic hydroxyl groups excluding tert-OH is 4. The Morgan fingerprint density at radius 3 is 0.940 bits per heavy atom. The van der Waals surface area contributed by atoms with E-state index in [-0.39, 0.29) is 145 Å². The molecule has 1 aromatic rings. The molecule has 0 aliphatic carbocycles. The van der Waals surface area contributed by atoms with E-state index < -0.39 is 29.8 Å². The Balaban J connectivity index is -0.0000000952. The summed E-state index contributed by atoms with van der Waals surface area (Å²) in [5.41, 5.74) is 0.978. The molecule has 0 amide bonds. The number of hydrogen-bond donors (Lipinski definition) is 6. The van der Waals surface area contributed by atoms with Crippen LogP contribution in [0.5, 0.6) is 0 Å².